The molecule has 0 aromatic heterocycles. The van der Waals surface area contributed by atoms with Crippen molar-refractivity contribution in [1.29, 1.82) is 0 Å². The summed E-state index contributed by atoms with van der Waals surface area (Å²) in [6.07, 6.45) is 7.13. The van der Waals surface area contributed by atoms with E-state index in [0.29, 0.717) is 36.0 Å². The summed E-state index contributed by atoms with van der Waals surface area (Å²) in [6, 6.07) is 0. The van der Waals surface area contributed by atoms with Gasteiger partial charge in [-0.3, -0.25) is 9.59 Å². The third kappa shape index (κ3) is 5.53. The van der Waals surface area contributed by atoms with Gasteiger partial charge in [0.2, 0.25) is 0 Å². The number of aliphatic hydroxyl groups is 1. The van der Waals surface area contributed by atoms with Crippen LogP contribution in [0, 0.1) is 35.5 Å². The molecule has 29 heavy (non-hydrogen) atoms. The molecule has 5 heteroatoms. The van der Waals surface area contributed by atoms with Gasteiger partial charge >= 0.3 is 11.9 Å². The van der Waals surface area contributed by atoms with Crippen molar-refractivity contribution in [3.05, 3.63) is 0 Å². The Balaban J connectivity index is 1.70. The summed E-state index contributed by atoms with van der Waals surface area (Å²) < 4.78 is 11.6. The van der Waals surface area contributed by atoms with E-state index in [9.17, 15) is 14.7 Å². The summed E-state index contributed by atoms with van der Waals surface area (Å²) in [5.74, 6) is 2.30. The van der Waals surface area contributed by atoms with Gasteiger partial charge in [-0.2, -0.15) is 0 Å². The Morgan fingerprint density at radius 1 is 1.21 bits per heavy atom. The van der Waals surface area contributed by atoms with E-state index in [1.165, 1.54) is 19.3 Å². The molecule has 3 rings (SSSR count). The van der Waals surface area contributed by atoms with Crippen molar-refractivity contribution in [3.8, 4) is 0 Å². The van der Waals surface area contributed by atoms with Crippen LogP contribution in [-0.4, -0.2) is 35.4 Å². The molecule has 0 aromatic rings. The number of ether oxygens (including phenoxy) is 2. The summed E-state index contributed by atoms with van der Waals surface area (Å²) >= 11 is 0. The SMILES string of the molecule is CC[C@H](C)C(=O)O[C@H]1C[C@@H](C)C[C@@H]2CC[C@H](C)[C@H](CC[C@@H]3C[C@@H](O)CC(=O)O3)[C@H]21. The van der Waals surface area contributed by atoms with E-state index in [4.69, 9.17) is 9.47 Å². The fraction of sp³-hybridized carbons (Fsp3) is 0.917. The number of aliphatic hydroxyl groups excluding tert-OH is 1. The molecule has 1 aliphatic heterocycles. The van der Waals surface area contributed by atoms with Gasteiger partial charge in [0.1, 0.15) is 12.2 Å². The average Bonchev–Trinajstić information content (AvgIpc) is 2.65. The lowest BCUT2D eigenvalue weighted by molar-refractivity contribution is -0.169. The van der Waals surface area contributed by atoms with Gasteiger partial charge in [-0.05, 0) is 62.2 Å². The van der Waals surface area contributed by atoms with Crippen LogP contribution in [0.4, 0.5) is 0 Å². The number of rotatable bonds is 6. The molecule has 5 nitrogen and oxygen atoms in total. The summed E-state index contributed by atoms with van der Waals surface area (Å²) in [6.45, 7) is 8.60. The van der Waals surface area contributed by atoms with E-state index in [0.717, 1.165) is 25.7 Å². The van der Waals surface area contributed by atoms with Gasteiger partial charge < -0.3 is 14.6 Å². The highest BCUT2D eigenvalue weighted by Crippen LogP contribution is 2.50. The number of hydrogen-bond acceptors (Lipinski definition) is 5. The minimum Gasteiger partial charge on any atom is -0.462 e. The van der Waals surface area contributed by atoms with Crippen molar-refractivity contribution in [3.63, 3.8) is 0 Å². The van der Waals surface area contributed by atoms with E-state index in [-0.39, 0.29) is 36.5 Å². The van der Waals surface area contributed by atoms with Gasteiger partial charge in [-0.25, -0.2) is 0 Å². The third-order valence-electron chi connectivity index (χ3n) is 7.87. The molecule has 0 unspecified atom stereocenters. The number of cyclic esters (lactones) is 1. The zero-order chi connectivity index (χ0) is 21.1. The van der Waals surface area contributed by atoms with Gasteiger partial charge in [-0.15, -0.1) is 0 Å². The molecule has 166 valence electrons. The normalized spacial score (nSPS) is 41.2. The van der Waals surface area contributed by atoms with Gasteiger partial charge in [0.15, 0.2) is 0 Å². The van der Waals surface area contributed by atoms with E-state index >= 15 is 0 Å². The van der Waals surface area contributed by atoms with E-state index < -0.39 is 6.10 Å². The van der Waals surface area contributed by atoms with Crippen molar-refractivity contribution in [2.24, 2.45) is 35.5 Å². The van der Waals surface area contributed by atoms with Crippen LogP contribution in [0.3, 0.4) is 0 Å². The summed E-state index contributed by atoms with van der Waals surface area (Å²) in [5.41, 5.74) is 0. The molecule has 1 heterocycles. The largest absolute Gasteiger partial charge is 0.462 e. The van der Waals surface area contributed by atoms with Crippen LogP contribution in [-0.2, 0) is 19.1 Å². The number of hydrogen-bond donors (Lipinski definition) is 1. The molecule has 9 atom stereocenters. The maximum atomic E-state index is 12.6. The van der Waals surface area contributed by atoms with E-state index in [1.54, 1.807) is 0 Å². The Hall–Kier alpha value is -1.10. The van der Waals surface area contributed by atoms with Gasteiger partial charge in [0.25, 0.3) is 0 Å². The lowest BCUT2D eigenvalue weighted by Crippen LogP contribution is -2.48. The standard InChI is InChI=1S/C24H40O5/c1-5-15(3)24(27)29-21-11-14(2)10-17-7-6-16(4)20(23(17)21)9-8-19-12-18(25)13-22(26)28-19/h14-21,23,25H,5-13H2,1-4H3/t14-,15-,16-,17-,18+,19+,20-,21-,23-/m0/s1. The molecule has 0 radical (unpaired) electrons. The zero-order valence-electron chi connectivity index (χ0n) is 18.6. The van der Waals surface area contributed by atoms with Crippen LogP contribution < -0.4 is 0 Å². The van der Waals surface area contributed by atoms with Crippen molar-refractivity contribution >= 4 is 11.9 Å². The van der Waals surface area contributed by atoms with Gasteiger partial charge in [-0.1, -0.05) is 34.1 Å². The van der Waals surface area contributed by atoms with Crippen molar-refractivity contribution < 1.29 is 24.2 Å². The first kappa shape index (κ1) is 22.6. The Morgan fingerprint density at radius 3 is 2.66 bits per heavy atom. The number of carbonyl (C=O) groups is 2. The smallest absolute Gasteiger partial charge is 0.308 e. The maximum absolute atomic E-state index is 12.6. The predicted molar refractivity (Wildman–Crippen MR) is 111 cm³/mol. The lowest BCUT2D eigenvalue weighted by atomic mass is 9.58. The second-order valence-corrected chi connectivity index (χ2v) is 10.2. The summed E-state index contributed by atoms with van der Waals surface area (Å²) in [4.78, 5) is 24.3. The highest BCUT2D eigenvalue weighted by atomic mass is 16.5. The summed E-state index contributed by atoms with van der Waals surface area (Å²) in [7, 11) is 0. The van der Waals surface area contributed by atoms with Crippen LogP contribution in [0.15, 0.2) is 0 Å². The maximum Gasteiger partial charge on any atom is 0.308 e. The Labute approximate surface area is 175 Å². The van der Waals surface area contributed by atoms with Crippen molar-refractivity contribution in [1.82, 2.24) is 0 Å². The first-order valence-corrected chi connectivity index (χ1v) is 11.9. The second-order valence-electron chi connectivity index (χ2n) is 10.2. The van der Waals surface area contributed by atoms with Gasteiger partial charge in [0, 0.05) is 12.3 Å². The second kappa shape index (κ2) is 9.80. The van der Waals surface area contributed by atoms with E-state index in [1.807, 2.05) is 13.8 Å². The summed E-state index contributed by atoms with van der Waals surface area (Å²) in [5, 5.41) is 9.91. The Bertz CT molecular complexity index is 576. The third-order valence-corrected chi connectivity index (χ3v) is 7.87. The number of carbonyl (C=O) groups excluding carboxylic acids is 2. The molecule has 3 fully saturated rings. The molecule has 2 saturated carbocycles. The lowest BCUT2D eigenvalue weighted by Gasteiger charge is -2.50. The highest BCUT2D eigenvalue weighted by molar-refractivity contribution is 5.72. The molecule has 2 aliphatic carbocycles. The van der Waals surface area contributed by atoms with Crippen LogP contribution in [0.2, 0.25) is 0 Å². The zero-order valence-corrected chi connectivity index (χ0v) is 18.6. The molecule has 1 saturated heterocycles. The molecule has 0 aromatic carbocycles. The molecule has 3 aliphatic rings. The molecule has 0 bridgehead atoms. The van der Waals surface area contributed by atoms with Crippen LogP contribution >= 0.6 is 0 Å². The quantitative estimate of drug-likeness (QED) is 0.655. The Morgan fingerprint density at radius 2 is 1.97 bits per heavy atom. The van der Waals surface area contributed by atoms with Crippen LogP contribution in [0.1, 0.15) is 85.5 Å². The van der Waals surface area contributed by atoms with Crippen LogP contribution in [0.25, 0.3) is 0 Å². The number of esters is 2. The Kier molecular flexibility index (Phi) is 7.63. The van der Waals surface area contributed by atoms with Crippen molar-refractivity contribution in [2.75, 3.05) is 0 Å². The minimum atomic E-state index is -0.572. The molecular weight excluding hydrogens is 368 g/mol. The average molecular weight is 409 g/mol. The molecule has 0 amide bonds. The van der Waals surface area contributed by atoms with Crippen LogP contribution in [0.5, 0.6) is 0 Å². The first-order chi connectivity index (χ1) is 13.8. The fourth-order valence-corrected chi connectivity index (χ4v) is 6.09. The monoisotopic (exact) mass is 408 g/mol. The fourth-order valence-electron chi connectivity index (χ4n) is 6.09. The van der Waals surface area contributed by atoms with Gasteiger partial charge in [0.05, 0.1) is 18.4 Å². The molecule has 0 spiro atoms. The van der Waals surface area contributed by atoms with Crippen molar-refractivity contribution in [2.45, 2.75) is 104 Å². The first-order valence-electron chi connectivity index (χ1n) is 11.9. The molecule has 1 N–H and O–H groups in total. The topological polar surface area (TPSA) is 72.8 Å². The minimum absolute atomic E-state index is 0.0116. The van der Waals surface area contributed by atoms with E-state index in [2.05, 4.69) is 13.8 Å². The predicted octanol–water partition coefficient (Wildman–Crippen LogP) is 4.50. The molecular formula is C24H40O5. The highest BCUT2D eigenvalue weighted by Gasteiger charge is 2.47. The number of fused-ring (bicyclic) bond motifs is 1.